The molecule has 2 saturated heterocycles. The minimum absolute atomic E-state index is 0.00160. The summed E-state index contributed by atoms with van der Waals surface area (Å²) >= 11 is 6.86. The molecule has 60 heavy (non-hydrogen) atoms. The molecule has 4 heterocycles. The molecule has 3 aliphatic rings. The van der Waals surface area contributed by atoms with E-state index in [1.54, 1.807) is 12.1 Å². The molecule has 0 amide bonds. The lowest BCUT2D eigenvalue weighted by molar-refractivity contribution is -0.145. The number of likely N-dealkylation sites (tertiary alicyclic amines) is 2. The highest BCUT2D eigenvalue weighted by atomic mass is 35.5. The molecule has 0 radical (unpaired) electrons. The number of carbonyl (C=O) groups is 2. The molecule has 1 aromatic heterocycles. The van der Waals surface area contributed by atoms with E-state index in [1.165, 1.54) is 18.5 Å². The molecule has 4 aromatic rings. The lowest BCUT2D eigenvalue weighted by Gasteiger charge is -2.33. The highest BCUT2D eigenvalue weighted by Gasteiger charge is 2.38. The lowest BCUT2D eigenvalue weighted by Crippen LogP contribution is -2.44. The summed E-state index contributed by atoms with van der Waals surface area (Å²) in [7, 11) is -3.49. The van der Waals surface area contributed by atoms with Crippen molar-refractivity contribution < 1.29 is 52.3 Å². The fourth-order valence-electron chi connectivity index (χ4n) is 8.15. The number of pyridine rings is 1. The van der Waals surface area contributed by atoms with Crippen LogP contribution in [0.4, 0.5) is 0 Å². The van der Waals surface area contributed by atoms with E-state index in [9.17, 15) is 28.2 Å². The van der Waals surface area contributed by atoms with Gasteiger partial charge in [-0.1, -0.05) is 42.3 Å². The van der Waals surface area contributed by atoms with Gasteiger partial charge >= 0.3 is 11.9 Å². The van der Waals surface area contributed by atoms with Crippen LogP contribution in [-0.2, 0) is 39.2 Å². The number of β-amino-alcohol motifs (C(OH)–C–C–N with tert-alkyl or cyclic N) is 1. The van der Waals surface area contributed by atoms with Gasteiger partial charge in [-0.15, -0.1) is 0 Å². The van der Waals surface area contributed by atoms with Crippen LogP contribution in [0.25, 0.3) is 11.1 Å². The van der Waals surface area contributed by atoms with Crippen LogP contribution in [0, 0.1) is 6.92 Å². The summed E-state index contributed by atoms with van der Waals surface area (Å²) in [5.74, 6) is 0.185. The first-order valence-electron chi connectivity index (χ1n) is 20.0. The van der Waals surface area contributed by atoms with Gasteiger partial charge in [0, 0.05) is 68.4 Å². The molecule has 0 saturated carbocycles. The van der Waals surface area contributed by atoms with Crippen molar-refractivity contribution in [2.24, 2.45) is 0 Å². The average Bonchev–Trinajstić information content (AvgIpc) is 3.58. The molecular weight excluding hydrogens is 814 g/mol. The molecular formula is C44H50ClN3O11S. The van der Waals surface area contributed by atoms with Crippen molar-refractivity contribution in [3.8, 4) is 34.1 Å². The maximum Gasteiger partial charge on any atom is 0.320 e. The van der Waals surface area contributed by atoms with Crippen LogP contribution in [0.1, 0.15) is 60.8 Å². The van der Waals surface area contributed by atoms with Crippen molar-refractivity contribution in [2.75, 3.05) is 39.0 Å². The van der Waals surface area contributed by atoms with Crippen LogP contribution in [-0.4, -0.2) is 107 Å². The maximum atomic E-state index is 12.2. The number of carboxylic acids is 2. The number of hydrogen-bond acceptors (Lipinski definition) is 12. The van der Waals surface area contributed by atoms with E-state index < -0.39 is 33.4 Å². The quantitative estimate of drug-likeness (QED) is 0.116. The Hall–Kier alpha value is -4.93. The van der Waals surface area contributed by atoms with Crippen LogP contribution in [0.2, 0.25) is 5.02 Å². The highest BCUT2D eigenvalue weighted by molar-refractivity contribution is 7.90. The number of halogens is 1. The van der Waals surface area contributed by atoms with E-state index in [0.717, 1.165) is 41.4 Å². The summed E-state index contributed by atoms with van der Waals surface area (Å²) in [4.78, 5) is 31.4. The summed E-state index contributed by atoms with van der Waals surface area (Å²) in [5, 5.41) is 30.1. The van der Waals surface area contributed by atoms with Crippen LogP contribution < -0.4 is 18.9 Å². The molecule has 0 aliphatic carbocycles. The third kappa shape index (κ3) is 10.5. The van der Waals surface area contributed by atoms with E-state index in [4.69, 9.17) is 35.7 Å². The van der Waals surface area contributed by atoms with E-state index >= 15 is 0 Å². The minimum Gasteiger partial charge on any atom is -0.488 e. The molecule has 16 heteroatoms. The number of nitrogens with zero attached hydrogens (tertiary/aromatic N) is 3. The molecule has 2 unspecified atom stereocenters. The predicted octanol–water partition coefficient (Wildman–Crippen LogP) is 6.15. The number of benzene rings is 3. The molecule has 0 spiro atoms. The van der Waals surface area contributed by atoms with Crippen molar-refractivity contribution in [2.45, 2.75) is 87.8 Å². The van der Waals surface area contributed by atoms with Gasteiger partial charge in [0.15, 0.2) is 21.3 Å². The van der Waals surface area contributed by atoms with Gasteiger partial charge in [-0.2, -0.15) is 0 Å². The van der Waals surface area contributed by atoms with Crippen molar-refractivity contribution in [3.63, 3.8) is 0 Å². The molecule has 14 nitrogen and oxygen atoms in total. The zero-order valence-electron chi connectivity index (χ0n) is 33.6. The Labute approximate surface area is 354 Å². The van der Waals surface area contributed by atoms with Gasteiger partial charge in [0.1, 0.15) is 43.5 Å². The van der Waals surface area contributed by atoms with Gasteiger partial charge in [0.05, 0.1) is 21.9 Å². The zero-order chi connectivity index (χ0) is 42.6. The highest BCUT2D eigenvalue weighted by Crippen LogP contribution is 2.39. The fourth-order valence-corrected chi connectivity index (χ4v) is 9.01. The number of rotatable bonds is 16. The average molecular weight is 864 g/mol. The van der Waals surface area contributed by atoms with Crippen LogP contribution >= 0.6 is 11.6 Å². The number of carboxylic acid groups (broad SMARTS) is 2. The Morgan fingerprint density at radius 2 is 1.80 bits per heavy atom. The number of aliphatic carboxylic acids is 2. The van der Waals surface area contributed by atoms with Gasteiger partial charge in [0.25, 0.3) is 0 Å². The van der Waals surface area contributed by atoms with E-state index in [1.807, 2.05) is 48.2 Å². The van der Waals surface area contributed by atoms with Crippen molar-refractivity contribution in [3.05, 3.63) is 94.3 Å². The summed E-state index contributed by atoms with van der Waals surface area (Å²) in [6.07, 6.45) is 6.78. The minimum atomic E-state index is -3.49. The van der Waals surface area contributed by atoms with Crippen LogP contribution in [0.5, 0.6) is 23.0 Å². The molecule has 320 valence electrons. The second kappa shape index (κ2) is 18.4. The molecule has 3 aliphatic heterocycles. The van der Waals surface area contributed by atoms with Crippen molar-refractivity contribution >= 4 is 33.4 Å². The Bertz CT molecular complexity index is 2340. The second-order valence-electron chi connectivity index (χ2n) is 16.0. The number of hydrogen-bond donors (Lipinski definition) is 3. The standard InChI is InChI=1S/C44H50ClN3O11S/c1-28-31(6-5-7-35(28)30-9-10-38-41(18-30)59-33(26-58-38)11-14-47-15-12-44(53,27-47)20-42(49)50)25-57-40-19-39(56-24-29-16-34(22-46-21-29)60(2,54)55)32(17-36(40)45)23-48-13-4-3-8-37(48)43(51)52/h5-7,9-10,16-19,21-22,33,37,53H,3-4,8,11-15,20,23-27H2,1-2H3,(H,49,50)(H,51,52)/t33?,37-,44?/m0/s1. The SMILES string of the molecule is Cc1c(COc2cc(OCc3cncc(S(C)(=O)=O)c3)c(CN3CCCC[C@H]3C(=O)O)cc2Cl)cccc1-c1ccc2c(c1)OC(CCN1CCC(O)(CC(=O)O)C1)CO2. The third-order valence-electron chi connectivity index (χ3n) is 11.4. The van der Waals surface area contributed by atoms with Gasteiger partial charge in [-0.3, -0.25) is 19.5 Å². The lowest BCUT2D eigenvalue weighted by atomic mass is 9.96. The molecule has 3 N–H and O–H groups in total. The number of sulfone groups is 1. The number of aromatic nitrogens is 1. The third-order valence-corrected chi connectivity index (χ3v) is 12.8. The predicted molar refractivity (Wildman–Crippen MR) is 223 cm³/mol. The van der Waals surface area contributed by atoms with Crippen molar-refractivity contribution in [1.82, 2.24) is 14.8 Å². The Kier molecular flexibility index (Phi) is 13.2. The van der Waals surface area contributed by atoms with Gasteiger partial charge < -0.3 is 39.2 Å². The van der Waals surface area contributed by atoms with E-state index in [0.29, 0.717) is 91.2 Å². The monoisotopic (exact) mass is 863 g/mol. The summed E-state index contributed by atoms with van der Waals surface area (Å²) < 4.78 is 49.5. The Morgan fingerprint density at radius 3 is 2.58 bits per heavy atom. The molecule has 3 atom stereocenters. The van der Waals surface area contributed by atoms with Crippen LogP contribution in [0.3, 0.4) is 0 Å². The first-order valence-corrected chi connectivity index (χ1v) is 22.3. The molecule has 3 aromatic carbocycles. The van der Waals surface area contributed by atoms with Crippen LogP contribution in [0.15, 0.2) is 71.9 Å². The summed E-state index contributed by atoms with van der Waals surface area (Å²) in [6, 6.07) is 16.1. The zero-order valence-corrected chi connectivity index (χ0v) is 35.2. The van der Waals surface area contributed by atoms with Gasteiger partial charge in [-0.25, -0.2) is 8.42 Å². The normalized spacial score (nSPS) is 20.8. The number of ether oxygens (including phenoxy) is 4. The first-order chi connectivity index (χ1) is 28.6. The number of fused-ring (bicyclic) bond motifs is 1. The molecule has 2 fully saturated rings. The fraction of sp³-hybridized carbons (Fsp3) is 0.432. The van der Waals surface area contributed by atoms with Gasteiger partial charge in [-0.05, 0) is 79.3 Å². The van der Waals surface area contributed by atoms with E-state index in [-0.39, 0.29) is 37.2 Å². The Morgan fingerprint density at radius 1 is 0.983 bits per heavy atom. The van der Waals surface area contributed by atoms with Gasteiger partial charge in [0.2, 0.25) is 0 Å². The number of aliphatic hydroxyl groups is 1. The maximum absolute atomic E-state index is 12.2. The first kappa shape index (κ1) is 43.2. The molecule has 7 rings (SSSR count). The summed E-state index contributed by atoms with van der Waals surface area (Å²) in [6.45, 7) is 5.05. The second-order valence-corrected chi connectivity index (χ2v) is 18.4. The Balaban J connectivity index is 1.06. The van der Waals surface area contributed by atoms with E-state index in [2.05, 4.69) is 9.88 Å². The van der Waals surface area contributed by atoms with Crippen molar-refractivity contribution in [1.29, 1.82) is 0 Å². The largest absolute Gasteiger partial charge is 0.488 e. The number of piperidine rings is 1. The summed E-state index contributed by atoms with van der Waals surface area (Å²) in [5.41, 5.74) is 3.81. The molecule has 0 bridgehead atoms. The smallest absolute Gasteiger partial charge is 0.320 e. The topological polar surface area (TPSA) is 185 Å².